The van der Waals surface area contributed by atoms with E-state index in [0.29, 0.717) is 0 Å². The molecule has 0 saturated heterocycles. The molecule has 0 spiro atoms. The lowest BCUT2D eigenvalue weighted by Crippen LogP contribution is -2.09. The molecule has 1 aromatic rings. The van der Waals surface area contributed by atoms with Crippen molar-refractivity contribution in [3.63, 3.8) is 0 Å². The maximum Gasteiger partial charge on any atom is 0.480 e. The number of rotatable bonds is 2. The molecule has 1 rings (SSSR count). The Kier molecular flexibility index (Phi) is 4.01. The van der Waals surface area contributed by atoms with Gasteiger partial charge in [0.05, 0.1) is 10.6 Å². The molecule has 0 amide bonds. The second-order valence-electron chi connectivity index (χ2n) is 2.97. The summed E-state index contributed by atoms with van der Waals surface area (Å²) < 4.78 is 37.8. The molecule has 0 aliphatic heterocycles. The smallest absolute Gasteiger partial charge is 0.424 e. The number of alkyl halides is 3. The molecule has 0 radical (unpaired) electrons. The van der Waals surface area contributed by atoms with E-state index in [4.69, 9.17) is 21.6 Å². The Hall–Kier alpha value is -0.975. The predicted molar refractivity (Wildman–Crippen MR) is 55.7 cm³/mol. The molecule has 0 heterocycles. The fourth-order valence-corrected chi connectivity index (χ4v) is 1.46. The lowest BCUT2D eigenvalue weighted by molar-refractivity contribution is -0.137. The van der Waals surface area contributed by atoms with Crippen molar-refractivity contribution >= 4 is 24.8 Å². The van der Waals surface area contributed by atoms with Gasteiger partial charge in [-0.1, -0.05) is 35.8 Å². The third-order valence-electron chi connectivity index (χ3n) is 1.78. The molecule has 2 N–H and O–H groups in total. The van der Waals surface area contributed by atoms with Crippen LogP contribution < -0.4 is 0 Å². The van der Waals surface area contributed by atoms with E-state index in [0.717, 1.165) is 18.1 Å². The third kappa shape index (κ3) is 3.26. The first-order valence-corrected chi connectivity index (χ1v) is 4.60. The molecule has 86 valence electrons. The minimum absolute atomic E-state index is 0.215. The molecule has 0 aliphatic rings. The number of hydrogen-bond acceptors (Lipinski definition) is 2. The highest BCUT2D eigenvalue weighted by atomic mass is 35.5. The molecule has 1 aromatic carbocycles. The molecule has 0 fully saturated rings. The lowest BCUT2D eigenvalue weighted by Gasteiger charge is -2.11. The van der Waals surface area contributed by atoms with Gasteiger partial charge >= 0.3 is 13.3 Å². The largest absolute Gasteiger partial charge is 0.480 e. The Morgan fingerprint density at radius 1 is 1.25 bits per heavy atom. The fraction of sp³-hybridized carbons (Fsp3) is 0.111. The van der Waals surface area contributed by atoms with Gasteiger partial charge < -0.3 is 10.0 Å². The monoisotopic (exact) mass is 250 g/mol. The minimum Gasteiger partial charge on any atom is -0.424 e. The highest BCUT2D eigenvalue weighted by Gasteiger charge is 2.35. The first-order chi connectivity index (χ1) is 7.32. The van der Waals surface area contributed by atoms with Crippen LogP contribution in [0.1, 0.15) is 11.1 Å². The van der Waals surface area contributed by atoms with E-state index >= 15 is 0 Å². The average Bonchev–Trinajstić information content (AvgIpc) is 2.12. The third-order valence-corrected chi connectivity index (χ3v) is 2.09. The topological polar surface area (TPSA) is 40.5 Å². The first-order valence-electron chi connectivity index (χ1n) is 4.22. The van der Waals surface area contributed by atoms with Gasteiger partial charge in [-0.25, -0.2) is 0 Å². The Bertz CT molecular complexity index is 404. The van der Waals surface area contributed by atoms with E-state index in [1.165, 1.54) is 12.1 Å². The first kappa shape index (κ1) is 13.1. The van der Waals surface area contributed by atoms with Crippen molar-refractivity contribution in [2.24, 2.45) is 0 Å². The van der Waals surface area contributed by atoms with Gasteiger partial charge in [0.15, 0.2) is 0 Å². The van der Waals surface area contributed by atoms with Gasteiger partial charge in [0.25, 0.3) is 0 Å². The van der Waals surface area contributed by atoms with Gasteiger partial charge in [0, 0.05) is 0 Å². The van der Waals surface area contributed by atoms with Crippen molar-refractivity contribution in [1.82, 2.24) is 0 Å². The van der Waals surface area contributed by atoms with Crippen LogP contribution in [0.3, 0.4) is 0 Å². The summed E-state index contributed by atoms with van der Waals surface area (Å²) in [6.07, 6.45) is -3.63. The van der Waals surface area contributed by atoms with Gasteiger partial charge in [-0.05, 0) is 11.6 Å². The molecule has 0 aromatic heterocycles. The van der Waals surface area contributed by atoms with E-state index in [2.05, 4.69) is 0 Å². The Labute approximate surface area is 95.1 Å². The summed E-state index contributed by atoms with van der Waals surface area (Å²) in [7, 11) is -1.81. The predicted octanol–water partition coefficient (Wildman–Crippen LogP) is 2.38. The highest BCUT2D eigenvalue weighted by Crippen LogP contribution is 2.37. The Balaban J connectivity index is 3.24. The zero-order valence-electron chi connectivity index (χ0n) is 7.87. The number of halogens is 4. The van der Waals surface area contributed by atoms with Crippen LogP contribution in [0.2, 0.25) is 5.02 Å². The second kappa shape index (κ2) is 4.90. The molecule has 0 atom stereocenters. The maximum absolute atomic E-state index is 12.6. The molecule has 0 bridgehead atoms. The lowest BCUT2D eigenvalue weighted by atomic mass is 9.90. The summed E-state index contributed by atoms with van der Waals surface area (Å²) in [5, 5.41) is 16.6. The zero-order chi connectivity index (χ0) is 12.3. The Morgan fingerprint density at radius 2 is 1.88 bits per heavy atom. The van der Waals surface area contributed by atoms with E-state index in [-0.39, 0.29) is 5.56 Å². The zero-order valence-corrected chi connectivity index (χ0v) is 8.63. The summed E-state index contributed by atoms with van der Waals surface area (Å²) in [6, 6.07) is 3.66. The van der Waals surface area contributed by atoms with Gasteiger partial charge in [0.2, 0.25) is 0 Å². The number of hydrogen-bond donors (Lipinski definition) is 2. The van der Waals surface area contributed by atoms with Crippen LogP contribution >= 0.6 is 11.6 Å². The molecule has 16 heavy (non-hydrogen) atoms. The van der Waals surface area contributed by atoms with E-state index in [9.17, 15) is 13.2 Å². The SMILES string of the molecule is OB(O)/C=C/c1cccc(Cl)c1C(F)(F)F. The van der Waals surface area contributed by atoms with Crippen LogP contribution in [-0.2, 0) is 6.18 Å². The van der Waals surface area contributed by atoms with Crippen molar-refractivity contribution in [2.75, 3.05) is 0 Å². The van der Waals surface area contributed by atoms with Crippen molar-refractivity contribution in [3.8, 4) is 0 Å². The van der Waals surface area contributed by atoms with Crippen LogP contribution in [0.25, 0.3) is 6.08 Å². The van der Waals surface area contributed by atoms with Crippen molar-refractivity contribution in [1.29, 1.82) is 0 Å². The van der Waals surface area contributed by atoms with Gasteiger partial charge in [-0.3, -0.25) is 0 Å². The summed E-state index contributed by atoms with van der Waals surface area (Å²) in [6.45, 7) is 0. The van der Waals surface area contributed by atoms with Gasteiger partial charge in [-0.2, -0.15) is 13.2 Å². The quantitative estimate of drug-likeness (QED) is 0.791. The van der Waals surface area contributed by atoms with E-state index in [1.807, 2.05) is 0 Å². The van der Waals surface area contributed by atoms with E-state index in [1.54, 1.807) is 0 Å². The molecule has 0 unspecified atom stereocenters. The molecule has 7 heteroatoms. The van der Waals surface area contributed by atoms with Crippen LogP contribution in [0.5, 0.6) is 0 Å². The summed E-state index contributed by atoms with van der Waals surface area (Å²) in [5.74, 6) is 0.820. The Morgan fingerprint density at radius 3 is 2.38 bits per heavy atom. The molecule has 0 aliphatic carbocycles. The van der Waals surface area contributed by atoms with Crippen molar-refractivity contribution in [2.45, 2.75) is 6.18 Å². The van der Waals surface area contributed by atoms with Crippen LogP contribution in [-0.4, -0.2) is 17.2 Å². The molecule has 2 nitrogen and oxygen atoms in total. The summed E-state index contributed by atoms with van der Waals surface area (Å²) >= 11 is 5.45. The van der Waals surface area contributed by atoms with Gasteiger partial charge in [0.1, 0.15) is 0 Å². The minimum atomic E-state index is -4.58. The van der Waals surface area contributed by atoms with Gasteiger partial charge in [-0.15, -0.1) is 0 Å². The maximum atomic E-state index is 12.6. The van der Waals surface area contributed by atoms with Crippen LogP contribution in [0, 0.1) is 0 Å². The average molecular weight is 250 g/mol. The summed E-state index contributed by atoms with van der Waals surface area (Å²) in [4.78, 5) is 0. The summed E-state index contributed by atoms with van der Waals surface area (Å²) in [5.41, 5.74) is -1.21. The molecule has 0 saturated carbocycles. The molecular formula is C9H7BClF3O2. The van der Waals surface area contributed by atoms with Crippen molar-refractivity contribution in [3.05, 3.63) is 40.3 Å². The van der Waals surface area contributed by atoms with Crippen molar-refractivity contribution < 1.29 is 23.2 Å². The van der Waals surface area contributed by atoms with Crippen LogP contribution in [0.4, 0.5) is 13.2 Å². The normalized spacial score (nSPS) is 12.1. The van der Waals surface area contributed by atoms with E-state index < -0.39 is 23.9 Å². The fourth-order valence-electron chi connectivity index (χ4n) is 1.17. The second-order valence-corrected chi connectivity index (χ2v) is 3.38. The molecular weight excluding hydrogens is 243 g/mol. The standard InChI is InChI=1S/C9H7BClF3O2/c11-7-3-1-2-6(4-5-10(15)16)8(7)9(12,13)14/h1-5,15-16H/b5-4+. The highest BCUT2D eigenvalue weighted by molar-refractivity contribution is 6.48. The number of benzene rings is 1. The van der Waals surface area contributed by atoms with Crippen LogP contribution in [0.15, 0.2) is 24.2 Å².